The summed E-state index contributed by atoms with van der Waals surface area (Å²) in [5.41, 5.74) is 1.36. The molecule has 6 heteroatoms. The summed E-state index contributed by atoms with van der Waals surface area (Å²) < 4.78 is 19.6. The Hall–Kier alpha value is -1.53. The molecule has 0 amide bonds. The van der Waals surface area contributed by atoms with E-state index in [2.05, 4.69) is 31.4 Å². The summed E-state index contributed by atoms with van der Waals surface area (Å²) in [7, 11) is 3.35. The second kappa shape index (κ2) is 6.76. The van der Waals surface area contributed by atoms with E-state index in [1.54, 1.807) is 18.2 Å². The zero-order valence-corrected chi connectivity index (χ0v) is 12.8. The van der Waals surface area contributed by atoms with Crippen LogP contribution in [0.15, 0.2) is 34.8 Å². The molecule has 0 spiro atoms. The van der Waals surface area contributed by atoms with Crippen molar-refractivity contribution in [3.8, 4) is 5.88 Å². The van der Waals surface area contributed by atoms with Crippen molar-refractivity contribution in [2.75, 3.05) is 14.2 Å². The fraction of sp³-hybridized carbons (Fsp3) is 0.286. The first-order valence-corrected chi connectivity index (χ1v) is 6.92. The van der Waals surface area contributed by atoms with Gasteiger partial charge in [0.05, 0.1) is 18.8 Å². The van der Waals surface area contributed by atoms with Gasteiger partial charge in [-0.3, -0.25) is 0 Å². The lowest BCUT2D eigenvalue weighted by Gasteiger charge is -2.16. The Labute approximate surface area is 125 Å². The van der Waals surface area contributed by atoms with E-state index in [9.17, 15) is 4.39 Å². The lowest BCUT2D eigenvalue weighted by atomic mass is 10.0. The molecule has 1 unspecified atom stereocenters. The highest BCUT2D eigenvalue weighted by Gasteiger charge is 2.15. The van der Waals surface area contributed by atoms with Gasteiger partial charge in [-0.1, -0.05) is 15.9 Å². The molecule has 1 aromatic carbocycles. The SMILES string of the molecule is CNC(Cc1cc(Br)ccc1F)c1ccc(OC)nn1. The highest BCUT2D eigenvalue weighted by atomic mass is 79.9. The van der Waals surface area contributed by atoms with Crippen LogP contribution in [0.4, 0.5) is 4.39 Å². The number of hydrogen-bond acceptors (Lipinski definition) is 4. The number of aromatic nitrogens is 2. The molecule has 1 aromatic heterocycles. The molecule has 0 bridgehead atoms. The van der Waals surface area contributed by atoms with E-state index in [4.69, 9.17) is 4.74 Å². The minimum atomic E-state index is -0.227. The van der Waals surface area contributed by atoms with Crippen LogP contribution in [0, 0.1) is 5.82 Å². The summed E-state index contributed by atoms with van der Waals surface area (Å²) in [5, 5.41) is 11.2. The van der Waals surface area contributed by atoms with Crippen molar-refractivity contribution in [1.82, 2.24) is 15.5 Å². The Morgan fingerprint density at radius 1 is 1.30 bits per heavy atom. The van der Waals surface area contributed by atoms with Gasteiger partial charge in [0.15, 0.2) is 0 Å². The maximum absolute atomic E-state index is 13.8. The van der Waals surface area contributed by atoms with E-state index in [0.29, 0.717) is 17.9 Å². The molecule has 1 atom stereocenters. The Balaban J connectivity index is 2.21. The van der Waals surface area contributed by atoms with Crippen LogP contribution in [0.1, 0.15) is 17.3 Å². The van der Waals surface area contributed by atoms with Crippen LogP contribution in [-0.4, -0.2) is 24.4 Å². The van der Waals surface area contributed by atoms with Crippen molar-refractivity contribution in [3.05, 3.63) is 51.9 Å². The van der Waals surface area contributed by atoms with Crippen molar-refractivity contribution in [2.24, 2.45) is 0 Å². The Morgan fingerprint density at radius 3 is 2.70 bits per heavy atom. The van der Waals surface area contributed by atoms with Gasteiger partial charge in [-0.2, -0.15) is 5.10 Å². The van der Waals surface area contributed by atoms with Crippen LogP contribution in [0.3, 0.4) is 0 Å². The molecular weight excluding hydrogens is 325 g/mol. The number of halogens is 2. The van der Waals surface area contributed by atoms with Gasteiger partial charge < -0.3 is 10.1 Å². The largest absolute Gasteiger partial charge is 0.480 e. The minimum absolute atomic E-state index is 0.114. The van der Waals surface area contributed by atoms with Gasteiger partial charge in [0, 0.05) is 10.5 Å². The number of hydrogen-bond donors (Lipinski definition) is 1. The fourth-order valence-corrected chi connectivity index (χ4v) is 2.31. The average Bonchev–Trinajstić information content (AvgIpc) is 2.48. The van der Waals surface area contributed by atoms with Gasteiger partial charge in [0.1, 0.15) is 5.82 Å². The zero-order valence-electron chi connectivity index (χ0n) is 11.2. The van der Waals surface area contributed by atoms with Gasteiger partial charge in [-0.15, -0.1) is 5.10 Å². The first-order valence-electron chi connectivity index (χ1n) is 6.13. The predicted octanol–water partition coefficient (Wildman–Crippen LogP) is 2.89. The topological polar surface area (TPSA) is 47.0 Å². The number of nitrogens with zero attached hydrogens (tertiary/aromatic N) is 2. The molecule has 0 aliphatic rings. The summed E-state index contributed by atoms with van der Waals surface area (Å²) in [4.78, 5) is 0. The van der Waals surface area contributed by atoms with Crippen LogP contribution in [0.2, 0.25) is 0 Å². The van der Waals surface area contributed by atoms with E-state index in [1.165, 1.54) is 13.2 Å². The van der Waals surface area contributed by atoms with Gasteiger partial charge >= 0.3 is 0 Å². The lowest BCUT2D eigenvalue weighted by molar-refractivity contribution is 0.389. The third kappa shape index (κ3) is 3.52. The maximum atomic E-state index is 13.8. The van der Waals surface area contributed by atoms with E-state index >= 15 is 0 Å². The summed E-state index contributed by atoms with van der Waals surface area (Å²) >= 11 is 3.35. The number of likely N-dealkylation sites (N-methyl/N-ethyl adjacent to an activating group) is 1. The molecule has 2 rings (SSSR count). The molecule has 106 valence electrons. The highest BCUT2D eigenvalue weighted by Crippen LogP contribution is 2.22. The van der Waals surface area contributed by atoms with E-state index in [0.717, 1.165) is 10.2 Å². The van der Waals surface area contributed by atoms with Crippen LogP contribution in [-0.2, 0) is 6.42 Å². The van der Waals surface area contributed by atoms with Crippen LogP contribution < -0.4 is 10.1 Å². The van der Waals surface area contributed by atoms with E-state index in [-0.39, 0.29) is 11.9 Å². The standard InChI is InChI=1S/C14H15BrFN3O/c1-17-13(12-5-6-14(20-2)19-18-12)8-9-7-10(15)3-4-11(9)16/h3-7,13,17H,8H2,1-2H3. The number of nitrogens with one attached hydrogen (secondary N) is 1. The Morgan fingerprint density at radius 2 is 2.10 bits per heavy atom. The molecule has 0 fully saturated rings. The normalized spacial score (nSPS) is 12.2. The average molecular weight is 340 g/mol. The Bertz CT molecular complexity index is 577. The van der Waals surface area contributed by atoms with Gasteiger partial charge in [0.25, 0.3) is 0 Å². The van der Waals surface area contributed by atoms with Crippen molar-refractivity contribution in [1.29, 1.82) is 0 Å². The maximum Gasteiger partial charge on any atom is 0.233 e. The third-order valence-corrected chi connectivity index (χ3v) is 3.50. The van der Waals surface area contributed by atoms with Crippen molar-refractivity contribution in [2.45, 2.75) is 12.5 Å². The molecule has 4 nitrogen and oxygen atoms in total. The second-order valence-electron chi connectivity index (χ2n) is 4.28. The molecule has 0 aliphatic heterocycles. The zero-order chi connectivity index (χ0) is 14.5. The highest BCUT2D eigenvalue weighted by molar-refractivity contribution is 9.10. The second-order valence-corrected chi connectivity index (χ2v) is 5.20. The molecule has 20 heavy (non-hydrogen) atoms. The van der Waals surface area contributed by atoms with Gasteiger partial charge in [-0.05, 0) is 43.3 Å². The summed E-state index contributed by atoms with van der Waals surface area (Å²) in [5.74, 6) is 0.229. The molecule has 2 aromatic rings. The number of benzene rings is 1. The number of methoxy groups -OCH3 is 1. The Kier molecular flexibility index (Phi) is 5.03. The summed E-state index contributed by atoms with van der Waals surface area (Å²) in [6.07, 6.45) is 0.489. The minimum Gasteiger partial charge on any atom is -0.480 e. The van der Waals surface area contributed by atoms with Crippen LogP contribution in [0.25, 0.3) is 0 Å². The first-order chi connectivity index (χ1) is 9.63. The summed E-state index contributed by atoms with van der Waals surface area (Å²) in [6, 6.07) is 8.35. The lowest BCUT2D eigenvalue weighted by Crippen LogP contribution is -2.21. The summed E-state index contributed by atoms with van der Waals surface area (Å²) in [6.45, 7) is 0. The molecular formula is C14H15BrFN3O. The van der Waals surface area contributed by atoms with Crippen molar-refractivity contribution >= 4 is 15.9 Å². The van der Waals surface area contributed by atoms with E-state index in [1.807, 2.05) is 13.1 Å². The third-order valence-electron chi connectivity index (χ3n) is 3.01. The number of rotatable bonds is 5. The smallest absolute Gasteiger partial charge is 0.233 e. The quantitative estimate of drug-likeness (QED) is 0.909. The molecule has 1 heterocycles. The van der Waals surface area contributed by atoms with Crippen LogP contribution in [0.5, 0.6) is 5.88 Å². The van der Waals surface area contributed by atoms with Crippen molar-refractivity contribution in [3.63, 3.8) is 0 Å². The molecule has 0 aliphatic carbocycles. The monoisotopic (exact) mass is 339 g/mol. The molecule has 0 saturated carbocycles. The van der Waals surface area contributed by atoms with Crippen molar-refractivity contribution < 1.29 is 9.13 Å². The van der Waals surface area contributed by atoms with Crippen LogP contribution >= 0.6 is 15.9 Å². The van der Waals surface area contributed by atoms with Gasteiger partial charge in [-0.25, -0.2) is 4.39 Å². The predicted molar refractivity (Wildman–Crippen MR) is 78.2 cm³/mol. The number of ether oxygens (including phenoxy) is 1. The molecule has 1 N–H and O–H groups in total. The fourth-order valence-electron chi connectivity index (χ4n) is 1.90. The van der Waals surface area contributed by atoms with Gasteiger partial charge in [0.2, 0.25) is 5.88 Å². The van der Waals surface area contributed by atoms with E-state index < -0.39 is 0 Å². The molecule has 0 radical (unpaired) electrons. The molecule has 0 saturated heterocycles. The first kappa shape index (κ1) is 14.9.